The molecule has 1 saturated heterocycles. The smallest absolute Gasteiger partial charge is 0.191 e. The number of likely N-dealkylation sites (tertiary alicyclic amines) is 1. The Bertz CT molecular complexity index is 263. The van der Waals surface area contributed by atoms with Gasteiger partial charge in [-0.05, 0) is 25.8 Å². The van der Waals surface area contributed by atoms with E-state index in [1.54, 1.807) is 7.11 Å². The van der Waals surface area contributed by atoms with Gasteiger partial charge >= 0.3 is 0 Å². The van der Waals surface area contributed by atoms with Crippen molar-refractivity contribution in [2.24, 2.45) is 16.6 Å². The largest absolute Gasteiger partial charge is 0.383 e. The van der Waals surface area contributed by atoms with Crippen molar-refractivity contribution in [2.75, 3.05) is 53.5 Å². The molecule has 0 spiro atoms. The van der Waals surface area contributed by atoms with E-state index in [1.807, 2.05) is 0 Å². The van der Waals surface area contributed by atoms with Crippen LogP contribution in [0.5, 0.6) is 0 Å². The lowest BCUT2D eigenvalue weighted by atomic mass is 10.0. The average Bonchev–Trinajstić information content (AvgIpc) is 2.36. The van der Waals surface area contributed by atoms with Crippen molar-refractivity contribution >= 4 is 29.9 Å². The molecular formula is C13H29IN4O. The molecule has 0 aliphatic carbocycles. The molecule has 1 fully saturated rings. The number of methoxy groups -OCH3 is 1. The third kappa shape index (κ3) is 7.94. The Kier molecular flexibility index (Phi) is 10.6. The highest BCUT2D eigenvalue weighted by Gasteiger charge is 2.17. The minimum atomic E-state index is 0. The number of hydrogen-bond acceptors (Lipinski definition) is 3. The summed E-state index contributed by atoms with van der Waals surface area (Å²) < 4.78 is 5.04. The first-order valence-corrected chi connectivity index (χ1v) is 6.86. The predicted molar refractivity (Wildman–Crippen MR) is 91.2 cm³/mol. The molecule has 0 aromatic carbocycles. The van der Waals surface area contributed by atoms with Crippen LogP contribution in [0, 0.1) is 5.92 Å². The Morgan fingerprint density at radius 1 is 1.47 bits per heavy atom. The number of nitrogens with zero attached hydrogens (tertiary/aromatic N) is 3. The van der Waals surface area contributed by atoms with E-state index < -0.39 is 0 Å². The van der Waals surface area contributed by atoms with Gasteiger partial charge in [0.15, 0.2) is 5.96 Å². The molecule has 0 amide bonds. The molecule has 1 aliphatic rings. The second kappa shape index (κ2) is 10.7. The molecule has 114 valence electrons. The zero-order valence-electron chi connectivity index (χ0n) is 12.5. The van der Waals surface area contributed by atoms with E-state index in [1.165, 1.54) is 12.8 Å². The Hall–Kier alpha value is -0.0800. The molecule has 6 heteroatoms. The Labute approximate surface area is 134 Å². The zero-order chi connectivity index (χ0) is 13.4. The highest BCUT2D eigenvalue weighted by atomic mass is 127. The Morgan fingerprint density at radius 3 is 2.84 bits per heavy atom. The van der Waals surface area contributed by atoms with Gasteiger partial charge < -0.3 is 20.3 Å². The maximum absolute atomic E-state index is 6.03. The fourth-order valence-corrected chi connectivity index (χ4v) is 2.19. The van der Waals surface area contributed by atoms with Gasteiger partial charge in [0.05, 0.1) is 13.2 Å². The lowest BCUT2D eigenvalue weighted by Crippen LogP contribution is -2.43. The lowest BCUT2D eigenvalue weighted by molar-refractivity contribution is 0.162. The summed E-state index contributed by atoms with van der Waals surface area (Å²) in [5, 5.41) is 0. The van der Waals surface area contributed by atoms with Gasteiger partial charge in [-0.25, -0.2) is 0 Å². The fraction of sp³-hybridized carbons (Fsp3) is 0.923. The topological polar surface area (TPSA) is 54.1 Å². The van der Waals surface area contributed by atoms with Crippen molar-refractivity contribution in [1.29, 1.82) is 0 Å². The van der Waals surface area contributed by atoms with Crippen LogP contribution in [-0.2, 0) is 4.74 Å². The molecule has 1 aliphatic heterocycles. The number of guanidine groups is 1. The van der Waals surface area contributed by atoms with Crippen LogP contribution >= 0.6 is 24.0 Å². The highest BCUT2D eigenvalue weighted by molar-refractivity contribution is 14.0. The Morgan fingerprint density at radius 2 is 2.21 bits per heavy atom. The van der Waals surface area contributed by atoms with Crippen LogP contribution in [0.2, 0.25) is 0 Å². The summed E-state index contributed by atoms with van der Waals surface area (Å²) in [7, 11) is 3.80. The van der Waals surface area contributed by atoms with E-state index in [0.29, 0.717) is 5.96 Å². The molecule has 1 unspecified atom stereocenters. The number of halogens is 1. The summed E-state index contributed by atoms with van der Waals surface area (Å²) in [5.41, 5.74) is 6.03. The second-order valence-corrected chi connectivity index (χ2v) is 5.23. The first kappa shape index (κ1) is 18.9. The molecule has 0 aromatic heterocycles. The fourth-order valence-electron chi connectivity index (χ4n) is 2.19. The van der Waals surface area contributed by atoms with Crippen LogP contribution in [0.4, 0.5) is 0 Å². The normalized spacial score (nSPS) is 20.5. The number of likely N-dealkylation sites (N-methyl/N-ethyl adjacent to an activating group) is 1. The Balaban J connectivity index is 0.00000324. The minimum Gasteiger partial charge on any atom is -0.383 e. The molecule has 2 N–H and O–H groups in total. The van der Waals surface area contributed by atoms with E-state index in [4.69, 9.17) is 10.5 Å². The van der Waals surface area contributed by atoms with Crippen LogP contribution in [-0.4, -0.2) is 69.2 Å². The van der Waals surface area contributed by atoms with Gasteiger partial charge in [0.1, 0.15) is 0 Å². The first-order valence-electron chi connectivity index (χ1n) is 6.86. The van der Waals surface area contributed by atoms with Crippen LogP contribution in [0.25, 0.3) is 0 Å². The van der Waals surface area contributed by atoms with Crippen molar-refractivity contribution in [2.45, 2.75) is 19.8 Å². The molecular weight excluding hydrogens is 355 g/mol. The van der Waals surface area contributed by atoms with E-state index in [-0.39, 0.29) is 24.0 Å². The predicted octanol–water partition coefficient (Wildman–Crippen LogP) is 1.23. The third-order valence-corrected chi connectivity index (χ3v) is 3.41. The van der Waals surface area contributed by atoms with Crippen molar-refractivity contribution in [3.8, 4) is 0 Å². The maximum atomic E-state index is 6.03. The summed E-state index contributed by atoms with van der Waals surface area (Å²) in [5.74, 6) is 1.44. The van der Waals surface area contributed by atoms with Gasteiger partial charge in [-0.1, -0.05) is 6.92 Å². The van der Waals surface area contributed by atoms with E-state index >= 15 is 0 Å². The first-order chi connectivity index (χ1) is 8.63. The summed E-state index contributed by atoms with van der Waals surface area (Å²) in [4.78, 5) is 8.89. The second-order valence-electron chi connectivity index (χ2n) is 5.23. The zero-order valence-corrected chi connectivity index (χ0v) is 14.8. The van der Waals surface area contributed by atoms with Crippen LogP contribution in [0.15, 0.2) is 4.99 Å². The number of nitrogens with two attached hydrogens (primary N) is 1. The van der Waals surface area contributed by atoms with Gasteiger partial charge in [-0.15, -0.1) is 24.0 Å². The highest BCUT2D eigenvalue weighted by Crippen LogP contribution is 2.14. The van der Waals surface area contributed by atoms with Crippen molar-refractivity contribution in [3.63, 3.8) is 0 Å². The maximum Gasteiger partial charge on any atom is 0.191 e. The lowest BCUT2D eigenvalue weighted by Gasteiger charge is -2.31. The van der Waals surface area contributed by atoms with E-state index in [0.717, 1.165) is 45.2 Å². The third-order valence-electron chi connectivity index (χ3n) is 3.41. The van der Waals surface area contributed by atoms with Gasteiger partial charge in [0.2, 0.25) is 0 Å². The van der Waals surface area contributed by atoms with E-state index in [2.05, 4.69) is 28.8 Å². The molecule has 1 rings (SSSR count). The van der Waals surface area contributed by atoms with Crippen molar-refractivity contribution in [3.05, 3.63) is 0 Å². The molecule has 1 heterocycles. The number of aliphatic imine (C=N–C) groups is 1. The number of rotatable bonds is 6. The summed E-state index contributed by atoms with van der Waals surface area (Å²) >= 11 is 0. The molecule has 1 atom stereocenters. The minimum absolute atomic E-state index is 0. The monoisotopic (exact) mass is 384 g/mol. The van der Waals surface area contributed by atoms with Gasteiger partial charge in [-0.2, -0.15) is 0 Å². The molecule has 5 nitrogen and oxygen atoms in total. The van der Waals surface area contributed by atoms with Crippen LogP contribution in [0.3, 0.4) is 0 Å². The summed E-state index contributed by atoms with van der Waals surface area (Å²) in [6, 6.07) is 0. The summed E-state index contributed by atoms with van der Waals surface area (Å²) in [6.07, 6.45) is 2.54. The number of hydrogen-bond donors (Lipinski definition) is 1. The quantitative estimate of drug-likeness (QED) is 0.425. The van der Waals surface area contributed by atoms with E-state index in [9.17, 15) is 0 Å². The summed E-state index contributed by atoms with van der Waals surface area (Å²) in [6.45, 7) is 7.77. The number of piperidine rings is 1. The average molecular weight is 384 g/mol. The van der Waals surface area contributed by atoms with Crippen LogP contribution < -0.4 is 5.73 Å². The molecule has 0 saturated carbocycles. The van der Waals surface area contributed by atoms with Crippen molar-refractivity contribution in [1.82, 2.24) is 9.80 Å². The van der Waals surface area contributed by atoms with Gasteiger partial charge in [0.25, 0.3) is 0 Å². The molecule has 0 radical (unpaired) electrons. The number of ether oxygens (including phenoxy) is 1. The van der Waals surface area contributed by atoms with Gasteiger partial charge in [0, 0.05) is 33.3 Å². The van der Waals surface area contributed by atoms with Gasteiger partial charge in [-0.3, -0.25) is 4.99 Å². The molecule has 0 aromatic rings. The standard InChI is InChI=1S/C13H28N4O.HI/c1-12-5-4-7-17(11-12)13(14)15-6-8-16(2)9-10-18-3;/h12H,4-11H2,1-3H3,(H2,14,15);1H. The SMILES string of the molecule is COCCN(C)CCN=C(N)N1CCCC(C)C1.I. The van der Waals surface area contributed by atoms with Crippen molar-refractivity contribution < 1.29 is 4.74 Å². The molecule has 19 heavy (non-hydrogen) atoms. The van der Waals surface area contributed by atoms with Crippen LogP contribution in [0.1, 0.15) is 19.8 Å². The molecule has 0 bridgehead atoms.